The van der Waals surface area contributed by atoms with E-state index in [0.29, 0.717) is 13.1 Å². The third-order valence-electron chi connectivity index (χ3n) is 1.28. The fourth-order valence-corrected chi connectivity index (χ4v) is 1.36. The normalized spacial score (nSPS) is 26.6. The zero-order chi connectivity index (χ0) is 7.61. The lowest BCUT2D eigenvalue weighted by atomic mass is 10.4. The van der Waals surface area contributed by atoms with Gasteiger partial charge in [-0.15, -0.1) is 4.20 Å². The van der Waals surface area contributed by atoms with Crippen LogP contribution in [0.4, 0.5) is 4.20 Å². The summed E-state index contributed by atoms with van der Waals surface area (Å²) in [5.41, 5.74) is 0. The minimum Gasteiger partial charge on any atom is -0.298 e. The lowest BCUT2D eigenvalue weighted by molar-refractivity contribution is -0.0535. The second-order valence-corrected chi connectivity index (χ2v) is 3.24. The highest BCUT2D eigenvalue weighted by Crippen LogP contribution is 2.44. The summed E-state index contributed by atoms with van der Waals surface area (Å²) in [5, 5.41) is 1.18. The highest BCUT2D eigenvalue weighted by molar-refractivity contribution is 7.46. The smallest absolute Gasteiger partial charge is 0.298 e. The van der Waals surface area contributed by atoms with Crippen molar-refractivity contribution in [3.63, 3.8) is 0 Å². The molecule has 1 atom stereocenters. The maximum atomic E-state index is 11.9. The highest BCUT2D eigenvalue weighted by Gasteiger charge is 2.24. The number of nitrogens with zero attached hydrogens (tertiary/aromatic N) is 1. The molecule has 0 radical (unpaired) electrons. The fraction of sp³-hybridized carbons (Fsp3) is 1.00. The van der Waals surface area contributed by atoms with E-state index >= 15 is 0 Å². The van der Waals surface area contributed by atoms with Crippen molar-refractivity contribution in [2.45, 2.75) is 12.8 Å². The first-order valence-electron chi connectivity index (χ1n) is 3.05. The number of halogens is 1. The molecule has 0 bridgehead atoms. The van der Waals surface area contributed by atoms with Crippen LogP contribution in [0.5, 0.6) is 0 Å². The lowest BCUT2D eigenvalue weighted by Gasteiger charge is -2.12. The summed E-state index contributed by atoms with van der Waals surface area (Å²) in [4.78, 5) is 8.10. The number of rotatable bonds is 2. The summed E-state index contributed by atoms with van der Waals surface area (Å²) >= 11 is 0. The van der Waals surface area contributed by atoms with Crippen molar-refractivity contribution in [1.82, 2.24) is 5.06 Å². The van der Waals surface area contributed by atoms with Gasteiger partial charge in [-0.05, 0) is 12.8 Å². The third-order valence-corrected chi connectivity index (χ3v) is 1.71. The van der Waals surface area contributed by atoms with E-state index in [4.69, 9.17) is 4.89 Å². The van der Waals surface area contributed by atoms with Crippen molar-refractivity contribution in [1.29, 1.82) is 0 Å². The first-order valence-corrected chi connectivity index (χ1v) is 4.52. The summed E-state index contributed by atoms with van der Waals surface area (Å²) in [6, 6.07) is 0. The van der Waals surface area contributed by atoms with Crippen molar-refractivity contribution in [3.05, 3.63) is 0 Å². The van der Waals surface area contributed by atoms with E-state index in [1.54, 1.807) is 0 Å². The highest BCUT2D eigenvalue weighted by atomic mass is 31.2. The van der Waals surface area contributed by atoms with Gasteiger partial charge in [0.05, 0.1) is 0 Å². The zero-order valence-electron chi connectivity index (χ0n) is 5.36. The Bertz CT molecular complexity index is 153. The molecule has 1 aliphatic rings. The molecule has 1 rings (SSSR count). The van der Waals surface area contributed by atoms with Gasteiger partial charge >= 0.3 is 7.91 Å². The van der Waals surface area contributed by atoms with Crippen LogP contribution in [-0.4, -0.2) is 23.0 Å². The lowest BCUT2D eigenvalue weighted by Crippen LogP contribution is -2.16. The van der Waals surface area contributed by atoms with Gasteiger partial charge in [0.1, 0.15) is 0 Å². The Hall–Kier alpha value is 0.0400. The van der Waals surface area contributed by atoms with Crippen molar-refractivity contribution in [2.75, 3.05) is 13.1 Å². The Morgan fingerprint density at radius 1 is 1.50 bits per heavy atom. The summed E-state index contributed by atoms with van der Waals surface area (Å²) < 4.78 is 26.0. The molecule has 10 heavy (non-hydrogen) atoms. The van der Waals surface area contributed by atoms with E-state index in [1.165, 1.54) is 5.06 Å². The van der Waals surface area contributed by atoms with Crippen LogP contribution in [0.3, 0.4) is 0 Å². The predicted molar refractivity (Wildman–Crippen MR) is 32.8 cm³/mol. The van der Waals surface area contributed by atoms with E-state index in [1.807, 2.05) is 0 Å². The Kier molecular flexibility index (Phi) is 2.41. The van der Waals surface area contributed by atoms with Crippen LogP contribution in [0.15, 0.2) is 0 Å². The van der Waals surface area contributed by atoms with Crippen LogP contribution in [0.2, 0.25) is 0 Å². The molecule has 1 unspecified atom stereocenters. The average Bonchev–Trinajstić information content (AvgIpc) is 2.12. The quantitative estimate of drug-likeness (QED) is 0.628. The van der Waals surface area contributed by atoms with Crippen molar-refractivity contribution < 1.29 is 18.3 Å². The molecule has 0 aromatic rings. The fourth-order valence-electron chi connectivity index (χ4n) is 0.912. The molecule has 0 amide bonds. The summed E-state index contributed by atoms with van der Waals surface area (Å²) in [5.74, 6) is 0. The Morgan fingerprint density at radius 3 is 2.40 bits per heavy atom. The summed E-state index contributed by atoms with van der Waals surface area (Å²) in [6.45, 7) is 1.07. The largest absolute Gasteiger partial charge is 0.527 e. The first kappa shape index (κ1) is 8.14. The Balaban J connectivity index is 2.31. The van der Waals surface area contributed by atoms with Gasteiger partial charge in [0, 0.05) is 13.1 Å². The SMILES string of the molecule is O=P(O)(F)ON1CCCC1. The van der Waals surface area contributed by atoms with Crippen LogP contribution in [-0.2, 0) is 9.19 Å². The predicted octanol–water partition coefficient (Wildman–Crippen LogP) is 1.08. The molecule has 0 saturated carbocycles. The molecule has 0 aliphatic carbocycles. The number of hydroxylamine groups is 2. The van der Waals surface area contributed by atoms with Crippen molar-refractivity contribution in [3.8, 4) is 0 Å². The van der Waals surface area contributed by atoms with Gasteiger partial charge in [0.15, 0.2) is 0 Å². The van der Waals surface area contributed by atoms with Crippen LogP contribution >= 0.6 is 7.91 Å². The summed E-state index contributed by atoms with van der Waals surface area (Å²) in [7, 11) is -4.79. The topological polar surface area (TPSA) is 49.8 Å². The Labute approximate surface area is 58.2 Å². The summed E-state index contributed by atoms with van der Waals surface area (Å²) in [6.07, 6.45) is 1.78. The van der Waals surface area contributed by atoms with Gasteiger partial charge in [-0.2, -0.15) is 9.69 Å². The standard InChI is InChI=1S/C4H9FNO3P/c5-10(7,8)9-6-3-1-2-4-6/h1-4H2,(H,7,8). The van der Waals surface area contributed by atoms with Gasteiger partial charge < -0.3 is 0 Å². The molecule has 0 spiro atoms. The minimum absolute atomic E-state index is 0.536. The molecule has 1 saturated heterocycles. The molecule has 0 aromatic heterocycles. The van der Waals surface area contributed by atoms with E-state index in [9.17, 15) is 8.76 Å². The van der Waals surface area contributed by atoms with E-state index in [2.05, 4.69) is 4.62 Å². The molecule has 1 N–H and O–H groups in total. The second kappa shape index (κ2) is 2.96. The molecule has 4 nitrogen and oxygen atoms in total. The van der Waals surface area contributed by atoms with Gasteiger partial charge in [-0.1, -0.05) is 0 Å². The molecular formula is C4H9FNO3P. The van der Waals surface area contributed by atoms with Crippen LogP contribution in [0.25, 0.3) is 0 Å². The maximum Gasteiger partial charge on any atom is 0.527 e. The van der Waals surface area contributed by atoms with Crippen LogP contribution in [0, 0.1) is 0 Å². The third kappa shape index (κ3) is 2.75. The van der Waals surface area contributed by atoms with Gasteiger partial charge in [0.25, 0.3) is 0 Å². The van der Waals surface area contributed by atoms with Crippen LogP contribution in [0.1, 0.15) is 12.8 Å². The molecule has 1 fully saturated rings. The average molecular weight is 169 g/mol. The zero-order valence-corrected chi connectivity index (χ0v) is 6.26. The van der Waals surface area contributed by atoms with E-state index in [-0.39, 0.29) is 0 Å². The molecule has 1 heterocycles. The molecule has 1 aliphatic heterocycles. The first-order chi connectivity index (χ1) is 4.58. The number of hydrogen-bond acceptors (Lipinski definition) is 3. The molecule has 0 aromatic carbocycles. The molecule has 6 heteroatoms. The van der Waals surface area contributed by atoms with Gasteiger partial charge in [0.2, 0.25) is 0 Å². The monoisotopic (exact) mass is 169 g/mol. The van der Waals surface area contributed by atoms with Crippen molar-refractivity contribution in [2.24, 2.45) is 0 Å². The van der Waals surface area contributed by atoms with Crippen LogP contribution < -0.4 is 0 Å². The number of hydrogen-bond donors (Lipinski definition) is 1. The molecule has 60 valence electrons. The van der Waals surface area contributed by atoms with Crippen molar-refractivity contribution >= 4 is 7.91 Å². The van der Waals surface area contributed by atoms with Gasteiger partial charge in [-0.3, -0.25) is 4.89 Å². The minimum atomic E-state index is -4.79. The van der Waals surface area contributed by atoms with E-state index < -0.39 is 7.91 Å². The molecular weight excluding hydrogens is 160 g/mol. The maximum absolute atomic E-state index is 11.9. The van der Waals surface area contributed by atoms with Gasteiger partial charge in [-0.25, -0.2) is 4.57 Å². The second-order valence-electron chi connectivity index (χ2n) is 2.17. The van der Waals surface area contributed by atoms with E-state index in [0.717, 1.165) is 12.8 Å². The Morgan fingerprint density at radius 2 is 2.00 bits per heavy atom.